The molecule has 0 aromatic heterocycles. The number of ketones is 1. The number of aliphatic hydroxyl groups excluding tert-OH is 2. The van der Waals surface area contributed by atoms with Crippen molar-refractivity contribution >= 4 is 5.78 Å². The summed E-state index contributed by atoms with van der Waals surface area (Å²) >= 11 is 0. The summed E-state index contributed by atoms with van der Waals surface area (Å²) in [7, 11) is 0. The lowest BCUT2D eigenvalue weighted by molar-refractivity contribution is -0.131. The molecule has 14 heavy (non-hydrogen) atoms. The van der Waals surface area contributed by atoms with Gasteiger partial charge < -0.3 is 14.9 Å². The average molecular weight is 201 g/mol. The zero-order chi connectivity index (χ0) is 11.0. The maximum atomic E-state index is 11.0. The van der Waals surface area contributed by atoms with Gasteiger partial charge in [0, 0.05) is 6.42 Å². The van der Waals surface area contributed by atoms with E-state index >= 15 is 0 Å². The SMILES string of the molecule is CC(=O)C(CCC#N)OCC(O)CO. The fourth-order valence-corrected chi connectivity index (χ4v) is 0.880. The summed E-state index contributed by atoms with van der Waals surface area (Å²) in [6, 6.07) is 1.91. The number of carbonyl (C=O) groups is 1. The molecule has 0 aliphatic heterocycles. The monoisotopic (exact) mass is 201 g/mol. The van der Waals surface area contributed by atoms with Crippen LogP contribution in [0, 0.1) is 11.3 Å². The fraction of sp³-hybridized carbons (Fsp3) is 0.778. The molecular formula is C9H15NO4. The Labute approximate surface area is 82.9 Å². The minimum absolute atomic E-state index is 0.0911. The highest BCUT2D eigenvalue weighted by Gasteiger charge is 2.15. The molecule has 0 rings (SSSR count). The maximum Gasteiger partial charge on any atom is 0.158 e. The molecule has 0 saturated carbocycles. The zero-order valence-corrected chi connectivity index (χ0v) is 8.14. The number of nitrogens with zero attached hydrogens (tertiary/aromatic N) is 1. The van der Waals surface area contributed by atoms with Crippen molar-refractivity contribution in [3.8, 4) is 6.07 Å². The highest BCUT2D eigenvalue weighted by molar-refractivity contribution is 5.80. The van der Waals surface area contributed by atoms with E-state index < -0.39 is 18.8 Å². The molecule has 0 aliphatic rings. The topological polar surface area (TPSA) is 90.6 Å². The molecule has 80 valence electrons. The first-order chi connectivity index (χ1) is 6.61. The van der Waals surface area contributed by atoms with Gasteiger partial charge in [0.2, 0.25) is 0 Å². The third-order valence-corrected chi connectivity index (χ3v) is 1.67. The second-order valence-corrected chi connectivity index (χ2v) is 2.97. The van der Waals surface area contributed by atoms with Crippen molar-refractivity contribution in [1.82, 2.24) is 0 Å². The van der Waals surface area contributed by atoms with Gasteiger partial charge in [0.1, 0.15) is 12.2 Å². The Morgan fingerprint density at radius 1 is 1.64 bits per heavy atom. The molecular weight excluding hydrogens is 186 g/mol. The largest absolute Gasteiger partial charge is 0.394 e. The van der Waals surface area contributed by atoms with E-state index in [1.165, 1.54) is 6.92 Å². The smallest absolute Gasteiger partial charge is 0.158 e. The Hall–Kier alpha value is -0.960. The van der Waals surface area contributed by atoms with Gasteiger partial charge >= 0.3 is 0 Å². The quantitative estimate of drug-likeness (QED) is 0.585. The van der Waals surface area contributed by atoms with Gasteiger partial charge in [-0.05, 0) is 13.3 Å². The number of nitriles is 1. The maximum absolute atomic E-state index is 11.0. The Bertz CT molecular complexity index is 211. The van der Waals surface area contributed by atoms with Crippen LogP contribution in [-0.4, -0.2) is 41.4 Å². The van der Waals surface area contributed by atoms with E-state index in [0.717, 1.165) is 0 Å². The third-order valence-electron chi connectivity index (χ3n) is 1.67. The van der Waals surface area contributed by atoms with Crippen molar-refractivity contribution in [1.29, 1.82) is 5.26 Å². The molecule has 0 amide bonds. The zero-order valence-electron chi connectivity index (χ0n) is 8.14. The van der Waals surface area contributed by atoms with Crippen LogP contribution in [0.3, 0.4) is 0 Å². The summed E-state index contributed by atoms with van der Waals surface area (Å²) in [4.78, 5) is 11.0. The van der Waals surface area contributed by atoms with Crippen molar-refractivity contribution < 1.29 is 19.7 Å². The molecule has 0 aromatic carbocycles. The highest BCUT2D eigenvalue weighted by Crippen LogP contribution is 2.04. The van der Waals surface area contributed by atoms with E-state index in [-0.39, 0.29) is 18.8 Å². The van der Waals surface area contributed by atoms with Crippen LogP contribution in [0.1, 0.15) is 19.8 Å². The summed E-state index contributed by atoms with van der Waals surface area (Å²) in [6.07, 6.45) is -1.07. The number of carbonyl (C=O) groups excluding carboxylic acids is 1. The summed E-state index contributed by atoms with van der Waals surface area (Å²) in [5, 5.41) is 25.8. The predicted octanol–water partition coefficient (Wildman–Crippen LogP) is -0.382. The van der Waals surface area contributed by atoms with Crippen LogP contribution in [0.2, 0.25) is 0 Å². The normalized spacial score (nSPS) is 14.4. The van der Waals surface area contributed by atoms with Gasteiger partial charge in [-0.15, -0.1) is 0 Å². The fourth-order valence-electron chi connectivity index (χ4n) is 0.880. The van der Waals surface area contributed by atoms with Crippen LogP contribution in [0.5, 0.6) is 0 Å². The summed E-state index contributed by atoms with van der Waals surface area (Å²) in [6.45, 7) is 0.877. The van der Waals surface area contributed by atoms with Crippen LogP contribution in [-0.2, 0) is 9.53 Å². The van der Waals surface area contributed by atoms with Gasteiger partial charge in [-0.1, -0.05) is 0 Å². The molecule has 0 spiro atoms. The Kier molecular flexibility index (Phi) is 6.93. The molecule has 0 radical (unpaired) electrons. The first kappa shape index (κ1) is 13.0. The van der Waals surface area contributed by atoms with E-state index in [1.807, 2.05) is 6.07 Å². The average Bonchev–Trinajstić information content (AvgIpc) is 2.16. The molecule has 2 unspecified atom stereocenters. The van der Waals surface area contributed by atoms with E-state index in [0.29, 0.717) is 6.42 Å². The third kappa shape index (κ3) is 5.65. The van der Waals surface area contributed by atoms with Crippen molar-refractivity contribution in [3.05, 3.63) is 0 Å². The molecule has 2 N–H and O–H groups in total. The first-order valence-corrected chi connectivity index (χ1v) is 4.39. The summed E-state index contributed by atoms with van der Waals surface area (Å²) < 4.78 is 5.05. The summed E-state index contributed by atoms with van der Waals surface area (Å²) in [5.41, 5.74) is 0. The van der Waals surface area contributed by atoms with E-state index in [9.17, 15) is 4.79 Å². The molecule has 0 bridgehead atoms. The second-order valence-electron chi connectivity index (χ2n) is 2.97. The predicted molar refractivity (Wildman–Crippen MR) is 48.4 cm³/mol. The minimum atomic E-state index is -0.973. The van der Waals surface area contributed by atoms with Crippen LogP contribution in [0.4, 0.5) is 0 Å². The van der Waals surface area contributed by atoms with Crippen molar-refractivity contribution in [2.45, 2.75) is 32.0 Å². The second kappa shape index (κ2) is 7.44. The first-order valence-electron chi connectivity index (χ1n) is 4.39. The minimum Gasteiger partial charge on any atom is -0.394 e. The molecule has 0 fully saturated rings. The number of hydrogen-bond donors (Lipinski definition) is 2. The van der Waals surface area contributed by atoms with Crippen LogP contribution in [0.15, 0.2) is 0 Å². The molecule has 0 aromatic rings. The lowest BCUT2D eigenvalue weighted by Crippen LogP contribution is -2.28. The van der Waals surface area contributed by atoms with Gasteiger partial charge in [0.15, 0.2) is 5.78 Å². The van der Waals surface area contributed by atoms with E-state index in [1.54, 1.807) is 0 Å². The number of aliphatic hydroxyl groups is 2. The number of Topliss-reactive ketones (excluding diaryl/α,β-unsaturated/α-hetero) is 1. The van der Waals surface area contributed by atoms with E-state index in [4.69, 9.17) is 20.2 Å². The molecule has 2 atom stereocenters. The Morgan fingerprint density at radius 3 is 2.71 bits per heavy atom. The van der Waals surface area contributed by atoms with Crippen molar-refractivity contribution in [3.63, 3.8) is 0 Å². The number of ether oxygens (including phenoxy) is 1. The van der Waals surface area contributed by atoms with Gasteiger partial charge in [-0.3, -0.25) is 4.79 Å². The van der Waals surface area contributed by atoms with Crippen LogP contribution >= 0.6 is 0 Å². The molecule has 0 aliphatic carbocycles. The Balaban J connectivity index is 3.86. The standard InChI is InChI=1S/C9H15NO4/c1-7(12)9(3-2-4-10)14-6-8(13)5-11/h8-9,11,13H,2-3,5-6H2,1H3. The lowest BCUT2D eigenvalue weighted by atomic mass is 10.1. The van der Waals surface area contributed by atoms with E-state index in [2.05, 4.69) is 0 Å². The number of hydrogen-bond acceptors (Lipinski definition) is 5. The summed E-state index contributed by atoms with van der Waals surface area (Å²) in [5.74, 6) is -0.176. The lowest BCUT2D eigenvalue weighted by Gasteiger charge is -2.15. The molecule has 5 nitrogen and oxygen atoms in total. The van der Waals surface area contributed by atoms with Gasteiger partial charge in [0.05, 0.1) is 19.3 Å². The van der Waals surface area contributed by atoms with Gasteiger partial charge in [0.25, 0.3) is 0 Å². The Morgan fingerprint density at radius 2 is 2.29 bits per heavy atom. The number of rotatable bonds is 7. The van der Waals surface area contributed by atoms with Crippen molar-refractivity contribution in [2.75, 3.05) is 13.2 Å². The van der Waals surface area contributed by atoms with Gasteiger partial charge in [-0.25, -0.2) is 0 Å². The molecule has 0 heterocycles. The molecule has 5 heteroatoms. The van der Waals surface area contributed by atoms with Crippen LogP contribution in [0.25, 0.3) is 0 Å². The van der Waals surface area contributed by atoms with Crippen molar-refractivity contribution in [2.24, 2.45) is 0 Å². The molecule has 0 saturated heterocycles. The van der Waals surface area contributed by atoms with Gasteiger partial charge in [-0.2, -0.15) is 5.26 Å². The van der Waals surface area contributed by atoms with Crippen LogP contribution < -0.4 is 0 Å². The highest BCUT2D eigenvalue weighted by atomic mass is 16.5.